The van der Waals surface area contributed by atoms with Crippen LogP contribution in [0.3, 0.4) is 0 Å². The van der Waals surface area contributed by atoms with Gasteiger partial charge in [-0.15, -0.1) is 0 Å². The Morgan fingerprint density at radius 3 is 3.16 bits per heavy atom. The third kappa shape index (κ3) is 2.25. The predicted octanol–water partition coefficient (Wildman–Crippen LogP) is 2.14. The molecule has 2 aliphatic rings. The third-order valence-corrected chi connectivity index (χ3v) is 4.02. The molecule has 0 unspecified atom stereocenters. The topological polar surface area (TPSA) is 38.3 Å². The number of hydrogen-bond donors (Lipinski definition) is 1. The molecule has 4 heteroatoms. The van der Waals surface area contributed by atoms with Crippen molar-refractivity contribution in [3.63, 3.8) is 0 Å². The molecule has 0 radical (unpaired) electrons. The van der Waals surface area contributed by atoms with Crippen LogP contribution in [0.2, 0.25) is 0 Å². The van der Waals surface area contributed by atoms with E-state index < -0.39 is 0 Å². The molecule has 1 aromatic carbocycles. The summed E-state index contributed by atoms with van der Waals surface area (Å²) in [5, 5.41) is 3.24. The van der Waals surface area contributed by atoms with Crippen LogP contribution >= 0.6 is 0 Å². The zero-order chi connectivity index (χ0) is 13.4. The number of benzene rings is 1. The second-order valence-electron chi connectivity index (χ2n) is 5.23. The lowest BCUT2D eigenvalue weighted by Gasteiger charge is -2.19. The summed E-state index contributed by atoms with van der Waals surface area (Å²) >= 11 is 0. The summed E-state index contributed by atoms with van der Waals surface area (Å²) in [7, 11) is 0. The SMILES string of the molecule is CCOC(=O)[C@H]1C[C@@H]1c1ccc2c(c1F)CCNC2. The van der Waals surface area contributed by atoms with Gasteiger partial charge >= 0.3 is 5.97 Å². The number of fused-ring (bicyclic) bond motifs is 1. The van der Waals surface area contributed by atoms with Crippen molar-refractivity contribution in [3.8, 4) is 0 Å². The Kier molecular flexibility index (Phi) is 3.27. The smallest absolute Gasteiger partial charge is 0.309 e. The van der Waals surface area contributed by atoms with E-state index >= 15 is 0 Å². The molecule has 1 aromatic rings. The van der Waals surface area contributed by atoms with Crippen molar-refractivity contribution in [2.24, 2.45) is 5.92 Å². The van der Waals surface area contributed by atoms with Crippen LogP contribution in [0.25, 0.3) is 0 Å². The van der Waals surface area contributed by atoms with Crippen molar-refractivity contribution in [2.75, 3.05) is 13.2 Å². The number of carbonyl (C=O) groups is 1. The fourth-order valence-corrected chi connectivity index (χ4v) is 2.89. The van der Waals surface area contributed by atoms with Crippen LogP contribution in [0.1, 0.15) is 36.0 Å². The van der Waals surface area contributed by atoms with Gasteiger partial charge in [0.05, 0.1) is 12.5 Å². The Morgan fingerprint density at radius 2 is 2.37 bits per heavy atom. The van der Waals surface area contributed by atoms with E-state index in [2.05, 4.69) is 5.32 Å². The van der Waals surface area contributed by atoms with Crippen LogP contribution in [-0.4, -0.2) is 19.1 Å². The molecule has 19 heavy (non-hydrogen) atoms. The van der Waals surface area contributed by atoms with Gasteiger partial charge in [0.2, 0.25) is 0 Å². The summed E-state index contributed by atoms with van der Waals surface area (Å²) in [5.41, 5.74) is 2.56. The standard InChI is InChI=1S/C15H18FNO2/c1-2-19-15(18)13-7-12(13)11-4-3-9-8-17-6-5-10(9)14(11)16/h3-4,12-13,17H,2,5-8H2,1H3/t12-,13+/m1/s1. The van der Waals surface area contributed by atoms with Crippen LogP contribution in [0, 0.1) is 11.7 Å². The second kappa shape index (κ2) is 4.93. The Balaban J connectivity index is 1.82. The van der Waals surface area contributed by atoms with E-state index in [0.717, 1.165) is 30.6 Å². The second-order valence-corrected chi connectivity index (χ2v) is 5.23. The first-order valence-electron chi connectivity index (χ1n) is 6.90. The zero-order valence-corrected chi connectivity index (χ0v) is 11.0. The molecule has 0 spiro atoms. The molecule has 1 heterocycles. The molecule has 2 atom stereocenters. The summed E-state index contributed by atoms with van der Waals surface area (Å²) in [6.07, 6.45) is 1.44. The van der Waals surface area contributed by atoms with Crippen molar-refractivity contribution >= 4 is 5.97 Å². The van der Waals surface area contributed by atoms with Gasteiger partial charge in [0, 0.05) is 12.5 Å². The maximum atomic E-state index is 14.5. The summed E-state index contributed by atoms with van der Waals surface area (Å²) < 4.78 is 19.5. The van der Waals surface area contributed by atoms with Crippen LogP contribution in [-0.2, 0) is 22.5 Å². The van der Waals surface area contributed by atoms with Crippen molar-refractivity contribution in [2.45, 2.75) is 32.2 Å². The number of halogens is 1. The zero-order valence-electron chi connectivity index (χ0n) is 11.0. The number of hydrogen-bond acceptors (Lipinski definition) is 3. The fourth-order valence-electron chi connectivity index (χ4n) is 2.89. The lowest BCUT2D eigenvalue weighted by Crippen LogP contribution is -2.25. The Bertz CT molecular complexity index is 515. The molecule has 0 bridgehead atoms. The molecular formula is C15H18FNO2. The van der Waals surface area contributed by atoms with Crippen LogP contribution < -0.4 is 5.32 Å². The maximum Gasteiger partial charge on any atom is 0.309 e. The molecule has 0 aromatic heterocycles. The molecule has 1 saturated carbocycles. The quantitative estimate of drug-likeness (QED) is 0.849. The lowest BCUT2D eigenvalue weighted by molar-refractivity contribution is -0.144. The van der Waals surface area contributed by atoms with E-state index in [1.54, 1.807) is 6.92 Å². The third-order valence-electron chi connectivity index (χ3n) is 4.02. The van der Waals surface area contributed by atoms with Gasteiger partial charge in [-0.25, -0.2) is 4.39 Å². The molecule has 1 aliphatic carbocycles. The summed E-state index contributed by atoms with van der Waals surface area (Å²) in [6.45, 7) is 3.74. The first-order chi connectivity index (χ1) is 9.22. The van der Waals surface area contributed by atoms with Gasteiger partial charge in [0.25, 0.3) is 0 Å². The molecule has 1 N–H and O–H groups in total. The predicted molar refractivity (Wildman–Crippen MR) is 69.3 cm³/mol. The Morgan fingerprint density at radius 1 is 1.53 bits per heavy atom. The minimum absolute atomic E-state index is 0.0132. The number of carbonyl (C=O) groups excluding carboxylic acids is 1. The van der Waals surface area contributed by atoms with Crippen LogP contribution in [0.5, 0.6) is 0 Å². The van der Waals surface area contributed by atoms with Crippen LogP contribution in [0.15, 0.2) is 12.1 Å². The van der Waals surface area contributed by atoms with Gasteiger partial charge in [0.15, 0.2) is 0 Å². The number of ether oxygens (including phenoxy) is 1. The minimum Gasteiger partial charge on any atom is -0.466 e. The van der Waals surface area contributed by atoms with Crippen molar-refractivity contribution in [1.82, 2.24) is 5.32 Å². The maximum absolute atomic E-state index is 14.5. The summed E-state index contributed by atoms with van der Waals surface area (Å²) in [4.78, 5) is 11.6. The van der Waals surface area contributed by atoms with E-state index in [9.17, 15) is 9.18 Å². The van der Waals surface area contributed by atoms with Crippen molar-refractivity contribution in [1.29, 1.82) is 0 Å². The summed E-state index contributed by atoms with van der Waals surface area (Å²) in [6, 6.07) is 3.82. The Hall–Kier alpha value is -1.42. The number of nitrogens with one attached hydrogen (secondary N) is 1. The molecular weight excluding hydrogens is 245 g/mol. The van der Waals surface area contributed by atoms with Crippen LogP contribution in [0.4, 0.5) is 4.39 Å². The molecule has 3 nitrogen and oxygen atoms in total. The molecule has 1 aliphatic heterocycles. The fraction of sp³-hybridized carbons (Fsp3) is 0.533. The number of esters is 1. The van der Waals surface area contributed by atoms with Crippen molar-refractivity contribution < 1.29 is 13.9 Å². The number of rotatable bonds is 3. The van der Waals surface area contributed by atoms with Gasteiger partial charge < -0.3 is 10.1 Å². The first kappa shape index (κ1) is 12.6. The van der Waals surface area contributed by atoms with Gasteiger partial charge in [-0.2, -0.15) is 0 Å². The molecule has 0 amide bonds. The Labute approximate surface area is 112 Å². The largest absolute Gasteiger partial charge is 0.466 e. The average Bonchev–Trinajstić information content (AvgIpc) is 3.20. The normalized spacial score (nSPS) is 24.7. The highest BCUT2D eigenvalue weighted by Gasteiger charge is 2.46. The molecule has 0 saturated heterocycles. The van der Waals surface area contributed by atoms with Gasteiger partial charge in [-0.1, -0.05) is 12.1 Å². The van der Waals surface area contributed by atoms with E-state index in [-0.39, 0.29) is 23.6 Å². The summed E-state index contributed by atoms with van der Waals surface area (Å²) in [5.74, 6) is -0.421. The van der Waals surface area contributed by atoms with Crippen molar-refractivity contribution in [3.05, 3.63) is 34.6 Å². The average molecular weight is 263 g/mol. The molecule has 1 fully saturated rings. The minimum atomic E-state index is -0.189. The molecule has 3 rings (SSSR count). The monoisotopic (exact) mass is 263 g/mol. The highest BCUT2D eigenvalue weighted by Crippen LogP contribution is 2.49. The lowest BCUT2D eigenvalue weighted by atomic mass is 9.95. The molecule has 102 valence electrons. The van der Waals surface area contributed by atoms with Gasteiger partial charge in [-0.3, -0.25) is 4.79 Å². The highest BCUT2D eigenvalue weighted by molar-refractivity contribution is 5.77. The van der Waals surface area contributed by atoms with E-state index in [1.807, 2.05) is 12.1 Å². The highest BCUT2D eigenvalue weighted by atomic mass is 19.1. The van der Waals surface area contributed by atoms with Gasteiger partial charge in [-0.05, 0) is 43.0 Å². The van der Waals surface area contributed by atoms with E-state index in [0.29, 0.717) is 18.6 Å². The van der Waals surface area contributed by atoms with E-state index in [4.69, 9.17) is 4.74 Å². The first-order valence-corrected chi connectivity index (χ1v) is 6.90. The van der Waals surface area contributed by atoms with Gasteiger partial charge in [0.1, 0.15) is 5.82 Å². The van der Waals surface area contributed by atoms with E-state index in [1.165, 1.54) is 0 Å².